The molecule has 0 radical (unpaired) electrons. The Morgan fingerprint density at radius 1 is 1.38 bits per heavy atom. The highest BCUT2D eigenvalue weighted by Gasteiger charge is 2.30. The SMILES string of the molecule is CCCN(N)C(=O)N1CCCC(N(N)c2nc(-c3c[nH]c4ncc(Cl)cc34)ncc2F)C1. The van der Waals surface area contributed by atoms with Crippen LogP contribution in [0.25, 0.3) is 22.4 Å². The maximum absolute atomic E-state index is 14.7. The number of aromatic nitrogens is 4. The molecule has 0 spiro atoms. The average molecular weight is 462 g/mol. The molecule has 12 heteroatoms. The fourth-order valence-electron chi connectivity index (χ4n) is 3.88. The molecule has 0 aromatic carbocycles. The molecule has 1 fully saturated rings. The summed E-state index contributed by atoms with van der Waals surface area (Å²) < 4.78 is 14.7. The van der Waals surface area contributed by atoms with Crippen molar-refractivity contribution < 1.29 is 9.18 Å². The summed E-state index contributed by atoms with van der Waals surface area (Å²) in [5.41, 5.74) is 1.24. The van der Waals surface area contributed by atoms with E-state index in [4.69, 9.17) is 23.3 Å². The van der Waals surface area contributed by atoms with E-state index in [2.05, 4.69) is 19.9 Å². The lowest BCUT2D eigenvalue weighted by Gasteiger charge is -2.38. The number of anilines is 1. The van der Waals surface area contributed by atoms with Gasteiger partial charge in [-0.25, -0.2) is 35.8 Å². The van der Waals surface area contributed by atoms with Crippen molar-refractivity contribution in [3.05, 3.63) is 35.5 Å². The molecule has 1 aliphatic heterocycles. The summed E-state index contributed by atoms with van der Waals surface area (Å²) >= 11 is 6.07. The van der Waals surface area contributed by atoms with Crippen LogP contribution in [-0.4, -0.2) is 61.6 Å². The van der Waals surface area contributed by atoms with Gasteiger partial charge in [-0.2, -0.15) is 0 Å². The Morgan fingerprint density at radius 3 is 2.97 bits per heavy atom. The first-order chi connectivity index (χ1) is 15.4. The zero-order valence-electron chi connectivity index (χ0n) is 17.6. The molecule has 3 aromatic rings. The quantitative estimate of drug-likeness (QED) is 0.302. The summed E-state index contributed by atoms with van der Waals surface area (Å²) in [5.74, 6) is 11.7. The van der Waals surface area contributed by atoms with Gasteiger partial charge in [0.2, 0.25) is 0 Å². The number of nitrogens with two attached hydrogens (primary N) is 2. The molecule has 1 atom stereocenters. The minimum absolute atomic E-state index is 0.0446. The van der Waals surface area contributed by atoms with E-state index in [1.54, 1.807) is 17.2 Å². The molecule has 4 heterocycles. The minimum atomic E-state index is -0.651. The van der Waals surface area contributed by atoms with Crippen LogP contribution < -0.4 is 16.7 Å². The standard InChI is InChI=1S/C20H25ClFN9O/c1-2-5-30(23)20(32)29-6-3-4-13(11-29)31(24)19-16(22)10-27-18(28-19)15-9-26-17-14(15)7-12(21)8-25-17/h7-10,13H,2-6,11,23-24H2,1H3,(H,25,26). The maximum atomic E-state index is 14.7. The molecule has 0 saturated carbocycles. The highest BCUT2D eigenvalue weighted by molar-refractivity contribution is 6.31. The number of piperidine rings is 1. The number of pyridine rings is 1. The van der Waals surface area contributed by atoms with E-state index in [0.717, 1.165) is 19.0 Å². The average Bonchev–Trinajstić information content (AvgIpc) is 3.21. The van der Waals surface area contributed by atoms with Crippen molar-refractivity contribution >= 4 is 34.5 Å². The molecule has 5 N–H and O–H groups in total. The first kappa shape index (κ1) is 22.2. The number of H-pyrrole nitrogens is 1. The Labute approximate surface area is 189 Å². The van der Waals surface area contributed by atoms with Gasteiger partial charge in [-0.15, -0.1) is 0 Å². The number of rotatable bonds is 5. The number of carbonyl (C=O) groups excluding carboxylic acids is 1. The first-order valence-electron chi connectivity index (χ1n) is 10.4. The monoisotopic (exact) mass is 461 g/mol. The number of nitrogens with one attached hydrogen (secondary N) is 1. The Balaban J connectivity index is 1.59. The molecule has 1 unspecified atom stereocenters. The van der Waals surface area contributed by atoms with Crippen molar-refractivity contribution in [3.63, 3.8) is 0 Å². The number of fused-ring (bicyclic) bond motifs is 1. The zero-order valence-corrected chi connectivity index (χ0v) is 18.4. The molecule has 3 aromatic heterocycles. The number of carbonyl (C=O) groups is 1. The number of likely N-dealkylation sites (tertiary alicyclic amines) is 1. The van der Waals surface area contributed by atoms with Crippen LogP contribution >= 0.6 is 11.6 Å². The van der Waals surface area contributed by atoms with Crippen molar-refractivity contribution in [3.8, 4) is 11.4 Å². The third-order valence-electron chi connectivity index (χ3n) is 5.48. The fourth-order valence-corrected chi connectivity index (χ4v) is 4.04. The normalized spacial score (nSPS) is 16.4. The summed E-state index contributed by atoms with van der Waals surface area (Å²) in [5, 5.41) is 3.65. The molecule has 10 nitrogen and oxygen atoms in total. The Morgan fingerprint density at radius 2 is 2.19 bits per heavy atom. The molecule has 32 heavy (non-hydrogen) atoms. The van der Waals surface area contributed by atoms with Crippen LogP contribution in [0, 0.1) is 5.82 Å². The van der Waals surface area contributed by atoms with Gasteiger partial charge >= 0.3 is 6.03 Å². The van der Waals surface area contributed by atoms with E-state index in [1.807, 2.05) is 6.92 Å². The summed E-state index contributed by atoms with van der Waals surface area (Å²) in [6, 6.07) is 1.15. The highest BCUT2D eigenvalue weighted by atomic mass is 35.5. The predicted octanol–water partition coefficient (Wildman–Crippen LogP) is 2.66. The lowest BCUT2D eigenvalue weighted by Crippen LogP contribution is -2.56. The van der Waals surface area contributed by atoms with Crippen LogP contribution in [0.3, 0.4) is 0 Å². The van der Waals surface area contributed by atoms with E-state index >= 15 is 0 Å². The number of amides is 2. The van der Waals surface area contributed by atoms with E-state index < -0.39 is 5.82 Å². The highest BCUT2D eigenvalue weighted by Crippen LogP contribution is 2.29. The second-order valence-corrected chi connectivity index (χ2v) is 8.18. The van der Waals surface area contributed by atoms with E-state index in [-0.39, 0.29) is 23.7 Å². The molecule has 1 aliphatic rings. The maximum Gasteiger partial charge on any atom is 0.334 e. The van der Waals surface area contributed by atoms with E-state index in [9.17, 15) is 9.18 Å². The van der Waals surface area contributed by atoms with Gasteiger partial charge in [0.05, 0.1) is 17.3 Å². The van der Waals surface area contributed by atoms with Gasteiger partial charge in [0.25, 0.3) is 0 Å². The van der Waals surface area contributed by atoms with Gasteiger partial charge in [-0.1, -0.05) is 18.5 Å². The third kappa shape index (κ3) is 4.31. The van der Waals surface area contributed by atoms with E-state index in [1.165, 1.54) is 16.2 Å². The van der Waals surface area contributed by atoms with Gasteiger partial charge < -0.3 is 9.88 Å². The first-order valence-corrected chi connectivity index (χ1v) is 10.8. The smallest absolute Gasteiger partial charge is 0.334 e. The molecule has 0 bridgehead atoms. The largest absolute Gasteiger partial charge is 0.345 e. The lowest BCUT2D eigenvalue weighted by atomic mass is 10.1. The van der Waals surface area contributed by atoms with Crippen LogP contribution in [0.4, 0.5) is 15.0 Å². The van der Waals surface area contributed by atoms with Gasteiger partial charge in [-0.05, 0) is 25.3 Å². The van der Waals surface area contributed by atoms with Crippen molar-refractivity contribution in [1.29, 1.82) is 0 Å². The Kier molecular flexibility index (Phi) is 6.40. The van der Waals surface area contributed by atoms with Gasteiger partial charge in [0, 0.05) is 43.0 Å². The van der Waals surface area contributed by atoms with Gasteiger partial charge in [0.1, 0.15) is 5.65 Å². The fraction of sp³-hybridized carbons (Fsp3) is 0.400. The molecular formula is C20H25ClFN9O. The number of hydrogen-bond acceptors (Lipinski definition) is 7. The molecule has 0 aliphatic carbocycles. The number of hydrazine groups is 2. The van der Waals surface area contributed by atoms with Crippen LogP contribution in [0.5, 0.6) is 0 Å². The summed E-state index contributed by atoms with van der Waals surface area (Å²) in [7, 11) is 0. The Hall–Kier alpha value is -3.02. The summed E-state index contributed by atoms with van der Waals surface area (Å²) in [6.07, 6.45) is 6.47. The molecule has 4 rings (SSSR count). The van der Waals surface area contributed by atoms with Gasteiger partial charge in [-0.3, -0.25) is 10.0 Å². The van der Waals surface area contributed by atoms with Gasteiger partial charge in [0.15, 0.2) is 17.5 Å². The third-order valence-corrected chi connectivity index (χ3v) is 5.69. The van der Waals surface area contributed by atoms with Crippen molar-refractivity contribution in [1.82, 2.24) is 29.8 Å². The number of hydrogen-bond donors (Lipinski definition) is 3. The van der Waals surface area contributed by atoms with Crippen molar-refractivity contribution in [2.45, 2.75) is 32.2 Å². The molecule has 170 valence electrons. The van der Waals surface area contributed by atoms with Crippen LogP contribution in [0.2, 0.25) is 5.02 Å². The topological polar surface area (TPSA) is 133 Å². The van der Waals surface area contributed by atoms with E-state index in [0.29, 0.717) is 47.7 Å². The minimum Gasteiger partial charge on any atom is -0.345 e. The van der Waals surface area contributed by atoms with Crippen LogP contribution in [0.1, 0.15) is 26.2 Å². The second-order valence-electron chi connectivity index (χ2n) is 7.74. The number of nitrogens with zero attached hydrogens (tertiary/aromatic N) is 6. The summed E-state index contributed by atoms with van der Waals surface area (Å²) in [4.78, 5) is 30.0. The van der Waals surface area contributed by atoms with Crippen LogP contribution in [-0.2, 0) is 0 Å². The van der Waals surface area contributed by atoms with Crippen LogP contribution in [0.15, 0.2) is 24.7 Å². The molecular weight excluding hydrogens is 437 g/mol. The Bertz CT molecular complexity index is 1120. The molecule has 1 saturated heterocycles. The number of aromatic amines is 1. The van der Waals surface area contributed by atoms with Crippen molar-refractivity contribution in [2.75, 3.05) is 24.6 Å². The predicted molar refractivity (Wildman–Crippen MR) is 120 cm³/mol. The summed E-state index contributed by atoms with van der Waals surface area (Å²) in [6.45, 7) is 3.29. The lowest BCUT2D eigenvalue weighted by molar-refractivity contribution is 0.138. The van der Waals surface area contributed by atoms with Crippen molar-refractivity contribution in [2.24, 2.45) is 11.7 Å². The second kappa shape index (κ2) is 9.23. The number of urea groups is 1. The molecule has 2 amide bonds. The number of halogens is 2. The zero-order chi connectivity index (χ0) is 22.8.